The summed E-state index contributed by atoms with van der Waals surface area (Å²) in [6, 6.07) is 12.6. The minimum atomic E-state index is -0.605. The molecular formula is C46H43F2N14S2+. The number of fused-ring (bicyclic) bond motifs is 2. The molecule has 0 radical (unpaired) electrons. The zero-order valence-corrected chi connectivity index (χ0v) is 36.8. The molecule has 2 saturated heterocycles. The number of nitrogens with zero attached hydrogens (tertiary/aromatic N) is 12. The zero-order valence-electron chi connectivity index (χ0n) is 35.2. The third-order valence-corrected chi connectivity index (χ3v) is 14.4. The molecule has 8 aromatic rings. The van der Waals surface area contributed by atoms with E-state index < -0.39 is 11.6 Å². The molecule has 1 atom stereocenters. The number of aromatic nitrogens is 10. The first-order chi connectivity index (χ1) is 31.3. The maximum absolute atomic E-state index is 16.6. The van der Waals surface area contributed by atoms with Gasteiger partial charge in [0.05, 0.1) is 41.9 Å². The Morgan fingerprint density at radius 2 is 1.44 bits per heavy atom. The van der Waals surface area contributed by atoms with Gasteiger partial charge in [-0.25, -0.2) is 23.3 Å². The second-order valence-electron chi connectivity index (χ2n) is 16.4. The Bertz CT molecular complexity index is 3140. The number of hydrogen-bond donors (Lipinski definition) is 2. The Morgan fingerprint density at radius 3 is 2.11 bits per heavy atom. The van der Waals surface area contributed by atoms with Crippen LogP contribution in [0.15, 0.2) is 99.7 Å². The lowest BCUT2D eigenvalue weighted by Gasteiger charge is -2.23. The standard InChI is InChI=1S/C46H43F2N14S2/c1-28-37(21-56-58(28)23-30-7-11-51-12-8-30)32-13-41(43-34(16-49)19-55-60(43)25-32)63-46-40(48)15-36(20-54-46)61-27-35(17-50)44-42(64-45-39(47)6-4-10-53-45)14-33(26-62(44)61)38-22-57-59(29(38)2)24-31-5-3-9-52-18-31/h4,6,10,13-15,19-22,25-27,30-31,51-52H,3,5,7-9,11-12,18,23-24H2,1-2H3/q+1/t31-/m1/s1. The molecule has 0 unspecified atom stereocenters. The van der Waals surface area contributed by atoms with Crippen LogP contribution in [0, 0.1) is 60.0 Å². The molecule has 2 fully saturated rings. The zero-order chi connectivity index (χ0) is 43.9. The van der Waals surface area contributed by atoms with E-state index in [1.54, 1.807) is 26.1 Å². The monoisotopic (exact) mass is 893 g/mol. The van der Waals surface area contributed by atoms with Crippen LogP contribution in [-0.2, 0) is 13.1 Å². The Morgan fingerprint density at radius 1 is 0.750 bits per heavy atom. The molecule has 10 heterocycles. The minimum absolute atomic E-state index is 0.0898. The summed E-state index contributed by atoms with van der Waals surface area (Å²) >= 11 is 2.22. The van der Waals surface area contributed by atoms with E-state index in [-0.39, 0.29) is 10.1 Å². The van der Waals surface area contributed by atoms with Crippen LogP contribution in [-0.4, -0.2) is 69.8 Å². The van der Waals surface area contributed by atoms with Gasteiger partial charge in [0.1, 0.15) is 39.5 Å². The first-order valence-electron chi connectivity index (χ1n) is 21.3. The molecule has 64 heavy (non-hydrogen) atoms. The molecule has 2 aliphatic heterocycles. The number of halogens is 2. The normalized spacial score (nSPS) is 15.8. The lowest BCUT2D eigenvalue weighted by Crippen LogP contribution is -2.36. The molecule has 2 N–H and O–H groups in total. The van der Waals surface area contributed by atoms with Crippen LogP contribution in [0.3, 0.4) is 0 Å². The highest BCUT2D eigenvalue weighted by Crippen LogP contribution is 2.39. The third kappa shape index (κ3) is 7.91. The molecule has 0 aromatic carbocycles. The number of rotatable bonds is 11. The summed E-state index contributed by atoms with van der Waals surface area (Å²) < 4.78 is 40.9. The van der Waals surface area contributed by atoms with Crippen molar-refractivity contribution < 1.29 is 13.5 Å². The summed E-state index contributed by atoms with van der Waals surface area (Å²) in [5.41, 5.74) is 7.42. The van der Waals surface area contributed by atoms with E-state index in [2.05, 4.69) is 49.4 Å². The predicted molar refractivity (Wildman–Crippen MR) is 237 cm³/mol. The summed E-state index contributed by atoms with van der Waals surface area (Å²) in [5, 5.41) is 41.7. The molecule has 18 heteroatoms. The Kier molecular flexibility index (Phi) is 11.4. The van der Waals surface area contributed by atoms with Crippen molar-refractivity contribution in [3.8, 4) is 40.1 Å². The summed E-state index contributed by atoms with van der Waals surface area (Å²) in [6.07, 6.45) is 18.1. The predicted octanol–water partition coefficient (Wildman–Crippen LogP) is 7.32. The fourth-order valence-corrected chi connectivity index (χ4v) is 10.8. The van der Waals surface area contributed by atoms with Gasteiger partial charge in [-0.05, 0) is 102 Å². The molecule has 2 aliphatic rings. The van der Waals surface area contributed by atoms with Crippen molar-refractivity contribution in [2.75, 3.05) is 26.2 Å². The van der Waals surface area contributed by atoms with Gasteiger partial charge in [-0.2, -0.15) is 25.8 Å². The number of nitriles is 2. The maximum Gasteiger partial charge on any atom is 0.257 e. The van der Waals surface area contributed by atoms with E-state index in [0.717, 1.165) is 122 Å². The summed E-state index contributed by atoms with van der Waals surface area (Å²) in [6.45, 7) is 9.66. The topological polar surface area (TPSA) is 159 Å². The van der Waals surface area contributed by atoms with Gasteiger partial charge in [-0.1, -0.05) is 28.2 Å². The molecule has 0 spiro atoms. The second-order valence-corrected chi connectivity index (χ2v) is 18.4. The van der Waals surface area contributed by atoms with E-state index >= 15 is 8.78 Å². The van der Waals surface area contributed by atoms with Crippen LogP contribution < -0.4 is 15.3 Å². The van der Waals surface area contributed by atoms with Crippen molar-refractivity contribution in [3.05, 3.63) is 114 Å². The smallest absolute Gasteiger partial charge is 0.257 e. The van der Waals surface area contributed by atoms with Gasteiger partial charge in [0.2, 0.25) is 6.20 Å². The minimum Gasteiger partial charge on any atom is -0.317 e. The summed E-state index contributed by atoms with van der Waals surface area (Å²) in [5.74, 6) is -0.0937. The number of piperidine rings is 2. The molecule has 0 amide bonds. The van der Waals surface area contributed by atoms with Crippen molar-refractivity contribution in [3.63, 3.8) is 0 Å². The fourth-order valence-electron chi connectivity index (χ4n) is 8.86. The Hall–Kier alpha value is -6.44. The van der Waals surface area contributed by atoms with E-state index in [1.165, 1.54) is 30.6 Å². The quantitative estimate of drug-likeness (QED) is 0.125. The molecule has 8 aromatic heterocycles. The van der Waals surface area contributed by atoms with E-state index in [1.807, 2.05) is 48.5 Å². The van der Waals surface area contributed by atoms with Crippen LogP contribution in [0.2, 0.25) is 0 Å². The van der Waals surface area contributed by atoms with E-state index in [4.69, 9.17) is 10.2 Å². The van der Waals surface area contributed by atoms with Gasteiger partial charge < -0.3 is 10.6 Å². The maximum atomic E-state index is 16.6. The van der Waals surface area contributed by atoms with Gasteiger partial charge >= 0.3 is 0 Å². The highest BCUT2D eigenvalue weighted by Gasteiger charge is 2.28. The van der Waals surface area contributed by atoms with Crippen molar-refractivity contribution >= 4 is 34.6 Å². The molecule has 0 saturated carbocycles. The van der Waals surface area contributed by atoms with Crippen LogP contribution in [0.5, 0.6) is 0 Å². The van der Waals surface area contributed by atoms with Gasteiger partial charge in [0.15, 0.2) is 11.6 Å². The molecule has 322 valence electrons. The van der Waals surface area contributed by atoms with Crippen molar-refractivity contribution in [2.24, 2.45) is 11.8 Å². The van der Waals surface area contributed by atoms with E-state index in [0.29, 0.717) is 49.5 Å². The highest BCUT2D eigenvalue weighted by atomic mass is 32.2. The summed E-state index contributed by atoms with van der Waals surface area (Å²) in [4.78, 5) is 10.1. The summed E-state index contributed by atoms with van der Waals surface area (Å²) in [7, 11) is 0. The molecule has 14 nitrogen and oxygen atoms in total. The Labute approximate surface area is 375 Å². The van der Waals surface area contributed by atoms with Crippen LogP contribution in [0.4, 0.5) is 8.78 Å². The van der Waals surface area contributed by atoms with Gasteiger partial charge in [0, 0.05) is 68.9 Å². The first kappa shape index (κ1) is 41.6. The van der Waals surface area contributed by atoms with Crippen LogP contribution in [0.1, 0.15) is 48.2 Å². The lowest BCUT2D eigenvalue weighted by atomic mass is 9.98. The Balaban J connectivity index is 1.03. The lowest BCUT2D eigenvalue weighted by molar-refractivity contribution is -0.667. The first-order valence-corrected chi connectivity index (χ1v) is 22.9. The van der Waals surface area contributed by atoms with Crippen molar-refractivity contribution in [1.29, 1.82) is 10.5 Å². The average Bonchev–Trinajstić information content (AvgIpc) is 4.10. The second kappa shape index (κ2) is 17.6. The molecule has 0 aliphatic carbocycles. The van der Waals surface area contributed by atoms with E-state index in [9.17, 15) is 10.5 Å². The SMILES string of the molecule is Cc1c(-c2cc(Sc3ncc(-[n+]4cc(C#N)c5c(Sc6ncccc6F)cc(-c6cnn(C[C@@H]7CCCNC7)c6C)cn54)cc3F)c3c(C#N)cnn3c2)cnn1CC1CCNCC1. The van der Waals surface area contributed by atoms with Crippen LogP contribution >= 0.6 is 23.5 Å². The largest absolute Gasteiger partial charge is 0.317 e. The van der Waals surface area contributed by atoms with Gasteiger partial charge in [-0.15, -0.1) is 4.52 Å². The number of pyridine rings is 4. The fraction of sp³-hybridized carbons (Fsp3) is 0.304. The third-order valence-electron chi connectivity index (χ3n) is 12.3. The number of hydrogen-bond acceptors (Lipinski definition) is 11. The molecule has 0 bridgehead atoms. The highest BCUT2D eigenvalue weighted by molar-refractivity contribution is 7.99. The van der Waals surface area contributed by atoms with Crippen LogP contribution in [0.25, 0.3) is 39.0 Å². The average molecular weight is 894 g/mol. The van der Waals surface area contributed by atoms with Crippen molar-refractivity contribution in [1.82, 2.24) is 54.3 Å². The molecule has 10 rings (SSSR count). The number of nitrogens with one attached hydrogen (secondary N) is 2. The van der Waals surface area contributed by atoms with Gasteiger partial charge in [-0.3, -0.25) is 9.36 Å². The molecular weight excluding hydrogens is 851 g/mol. The van der Waals surface area contributed by atoms with Gasteiger partial charge in [0.25, 0.3) is 5.69 Å². The van der Waals surface area contributed by atoms with Crippen molar-refractivity contribution in [2.45, 2.75) is 72.5 Å².